The monoisotopic (exact) mass is 271 g/mol. The van der Waals surface area contributed by atoms with Crippen LogP contribution in [0.2, 0.25) is 0 Å². The molecule has 108 valence electrons. The van der Waals surface area contributed by atoms with Gasteiger partial charge in [-0.25, -0.2) is 4.79 Å². The Bertz CT molecular complexity index is 274. The van der Waals surface area contributed by atoms with Crippen LogP contribution in [-0.4, -0.2) is 35.6 Å². The number of ether oxygens (including phenoxy) is 1. The number of hydrogen-bond acceptors (Lipinski definition) is 3. The highest BCUT2D eigenvalue weighted by Gasteiger charge is 2.44. The first-order chi connectivity index (χ1) is 8.01. The Morgan fingerprint density at radius 1 is 1.33 bits per heavy atom. The lowest BCUT2D eigenvalue weighted by molar-refractivity contribution is -0.185. The summed E-state index contributed by atoms with van der Waals surface area (Å²) >= 11 is 0. The minimum Gasteiger partial charge on any atom is -0.444 e. The molecule has 0 spiro atoms. The smallest absolute Gasteiger partial charge is 0.407 e. The van der Waals surface area contributed by atoms with Gasteiger partial charge in [0.2, 0.25) is 0 Å². The molecule has 7 heteroatoms. The lowest BCUT2D eigenvalue weighted by Gasteiger charge is -2.28. The van der Waals surface area contributed by atoms with Crippen LogP contribution in [0.25, 0.3) is 0 Å². The Morgan fingerprint density at radius 3 is 2.11 bits per heavy atom. The van der Waals surface area contributed by atoms with Crippen molar-refractivity contribution in [2.24, 2.45) is 5.92 Å². The van der Waals surface area contributed by atoms with Gasteiger partial charge in [0.25, 0.3) is 0 Å². The van der Waals surface area contributed by atoms with E-state index in [2.05, 4.69) is 0 Å². The molecule has 1 amide bonds. The molecule has 0 aliphatic heterocycles. The summed E-state index contributed by atoms with van der Waals surface area (Å²) in [7, 11) is 0. The first-order valence-corrected chi connectivity index (χ1v) is 5.68. The molecule has 0 heterocycles. The Labute approximate surface area is 105 Å². The number of alkyl halides is 3. The number of aliphatic hydroxyl groups excluding tert-OH is 1. The summed E-state index contributed by atoms with van der Waals surface area (Å²) < 4.78 is 42.8. The molecule has 0 aromatic heterocycles. The number of hydrogen-bond donors (Lipinski definition) is 2. The standard InChI is InChI=1S/C11H20F3NO3/c1-5-7(11(12,13)14)8(6-16)15-9(17)18-10(2,3)4/h7-8,16H,5-6H2,1-4H3,(H,15,17)/t7-,8-/m1/s1. The molecule has 4 nitrogen and oxygen atoms in total. The molecule has 0 aromatic carbocycles. The normalized spacial score (nSPS) is 16.0. The number of carbonyl (C=O) groups excluding carboxylic acids is 1. The van der Waals surface area contributed by atoms with Crippen molar-refractivity contribution in [3.8, 4) is 0 Å². The zero-order chi connectivity index (χ0) is 14.6. The van der Waals surface area contributed by atoms with E-state index < -0.39 is 36.4 Å². The van der Waals surface area contributed by atoms with Gasteiger partial charge in [0.15, 0.2) is 0 Å². The summed E-state index contributed by atoms with van der Waals surface area (Å²) in [5.74, 6) is -1.80. The first kappa shape index (κ1) is 17.0. The maximum absolute atomic E-state index is 12.6. The third kappa shape index (κ3) is 6.09. The molecule has 0 saturated carbocycles. The molecule has 0 radical (unpaired) electrons. The first-order valence-electron chi connectivity index (χ1n) is 5.68. The van der Waals surface area contributed by atoms with Crippen molar-refractivity contribution in [2.45, 2.75) is 51.9 Å². The molecule has 0 saturated heterocycles. The third-order valence-electron chi connectivity index (χ3n) is 2.24. The average Bonchev–Trinajstić information content (AvgIpc) is 2.11. The molecule has 0 rings (SSSR count). The van der Waals surface area contributed by atoms with Gasteiger partial charge in [0, 0.05) is 0 Å². The SMILES string of the molecule is CC[C@H]([C@@H](CO)NC(=O)OC(C)(C)C)C(F)(F)F. The number of aliphatic hydroxyl groups is 1. The van der Waals surface area contributed by atoms with Crippen LogP contribution in [0.3, 0.4) is 0 Å². The third-order valence-corrected chi connectivity index (χ3v) is 2.24. The van der Waals surface area contributed by atoms with Crippen molar-refractivity contribution in [3.05, 3.63) is 0 Å². The molecular weight excluding hydrogens is 251 g/mol. The van der Waals surface area contributed by atoms with Crippen LogP contribution >= 0.6 is 0 Å². The van der Waals surface area contributed by atoms with E-state index in [1.165, 1.54) is 6.92 Å². The van der Waals surface area contributed by atoms with Crippen LogP contribution in [0.1, 0.15) is 34.1 Å². The number of alkyl carbamates (subject to hydrolysis) is 1. The van der Waals surface area contributed by atoms with Gasteiger partial charge < -0.3 is 15.2 Å². The van der Waals surface area contributed by atoms with E-state index in [1.807, 2.05) is 5.32 Å². The molecule has 0 bridgehead atoms. The lowest BCUT2D eigenvalue weighted by Crippen LogP contribution is -2.49. The van der Waals surface area contributed by atoms with Gasteiger partial charge in [-0.05, 0) is 27.2 Å². The van der Waals surface area contributed by atoms with Crippen molar-refractivity contribution in [1.82, 2.24) is 5.32 Å². The van der Waals surface area contributed by atoms with Crippen LogP contribution in [0.4, 0.5) is 18.0 Å². The summed E-state index contributed by atoms with van der Waals surface area (Å²) in [6.45, 7) is 5.35. The quantitative estimate of drug-likeness (QED) is 0.825. The van der Waals surface area contributed by atoms with Gasteiger partial charge in [-0.15, -0.1) is 0 Å². The van der Waals surface area contributed by atoms with Gasteiger partial charge in [-0.3, -0.25) is 0 Å². The Hall–Kier alpha value is -0.980. The lowest BCUT2D eigenvalue weighted by atomic mass is 9.97. The fraction of sp³-hybridized carbons (Fsp3) is 0.909. The molecule has 0 fully saturated rings. The number of halogens is 3. The van der Waals surface area contributed by atoms with E-state index >= 15 is 0 Å². The molecule has 0 aliphatic carbocycles. The van der Waals surface area contributed by atoms with Crippen molar-refractivity contribution < 1.29 is 27.8 Å². The van der Waals surface area contributed by atoms with Crippen molar-refractivity contribution in [2.75, 3.05) is 6.61 Å². The van der Waals surface area contributed by atoms with E-state index in [-0.39, 0.29) is 6.42 Å². The van der Waals surface area contributed by atoms with E-state index in [0.717, 1.165) is 0 Å². The maximum Gasteiger partial charge on any atom is 0.407 e. The molecule has 0 aliphatic rings. The predicted octanol–water partition coefficient (Wildman–Crippen LogP) is 2.46. The summed E-state index contributed by atoms with van der Waals surface area (Å²) in [5, 5.41) is 11.0. The highest BCUT2D eigenvalue weighted by Crippen LogP contribution is 2.31. The van der Waals surface area contributed by atoms with Crippen LogP contribution in [0.15, 0.2) is 0 Å². The van der Waals surface area contributed by atoms with Crippen molar-refractivity contribution in [1.29, 1.82) is 0 Å². The van der Waals surface area contributed by atoms with Crippen LogP contribution < -0.4 is 5.32 Å². The molecule has 2 N–H and O–H groups in total. The second-order valence-electron chi connectivity index (χ2n) is 4.99. The summed E-state index contributed by atoms with van der Waals surface area (Å²) in [5.41, 5.74) is -0.802. The number of nitrogens with one attached hydrogen (secondary N) is 1. The maximum atomic E-state index is 12.6. The fourth-order valence-corrected chi connectivity index (χ4v) is 1.48. The predicted molar refractivity (Wildman–Crippen MR) is 60.1 cm³/mol. The summed E-state index contributed by atoms with van der Waals surface area (Å²) in [4.78, 5) is 11.4. The summed E-state index contributed by atoms with van der Waals surface area (Å²) in [6, 6.07) is -1.40. The van der Waals surface area contributed by atoms with Gasteiger partial charge in [0.1, 0.15) is 5.60 Å². The zero-order valence-electron chi connectivity index (χ0n) is 11.0. The zero-order valence-corrected chi connectivity index (χ0v) is 11.0. The van der Waals surface area contributed by atoms with E-state index in [0.29, 0.717) is 0 Å². The van der Waals surface area contributed by atoms with Crippen LogP contribution in [0, 0.1) is 5.92 Å². The van der Waals surface area contributed by atoms with Crippen LogP contribution in [-0.2, 0) is 4.74 Å². The molecule has 2 atom stereocenters. The largest absolute Gasteiger partial charge is 0.444 e. The average molecular weight is 271 g/mol. The number of rotatable bonds is 4. The van der Waals surface area contributed by atoms with E-state index in [9.17, 15) is 18.0 Å². The van der Waals surface area contributed by atoms with Gasteiger partial charge in [0.05, 0.1) is 18.6 Å². The van der Waals surface area contributed by atoms with Crippen molar-refractivity contribution >= 4 is 6.09 Å². The van der Waals surface area contributed by atoms with Gasteiger partial charge >= 0.3 is 12.3 Å². The molecule has 18 heavy (non-hydrogen) atoms. The second-order valence-corrected chi connectivity index (χ2v) is 4.99. The molecular formula is C11H20F3NO3. The van der Waals surface area contributed by atoms with Crippen molar-refractivity contribution in [3.63, 3.8) is 0 Å². The number of amides is 1. The number of carbonyl (C=O) groups is 1. The molecule has 0 unspecified atom stereocenters. The van der Waals surface area contributed by atoms with Gasteiger partial charge in [-0.1, -0.05) is 6.92 Å². The second kappa shape index (κ2) is 6.26. The summed E-state index contributed by atoms with van der Waals surface area (Å²) in [6.07, 6.45) is -5.67. The Morgan fingerprint density at radius 2 is 1.83 bits per heavy atom. The minimum absolute atomic E-state index is 0.232. The topological polar surface area (TPSA) is 58.6 Å². The minimum atomic E-state index is -4.48. The van der Waals surface area contributed by atoms with Crippen LogP contribution in [0.5, 0.6) is 0 Å². The highest BCUT2D eigenvalue weighted by atomic mass is 19.4. The van der Waals surface area contributed by atoms with E-state index in [1.54, 1.807) is 20.8 Å². The highest BCUT2D eigenvalue weighted by molar-refractivity contribution is 5.68. The Balaban J connectivity index is 4.65. The molecule has 0 aromatic rings. The van der Waals surface area contributed by atoms with Gasteiger partial charge in [-0.2, -0.15) is 13.2 Å². The van der Waals surface area contributed by atoms with E-state index in [4.69, 9.17) is 9.84 Å². The fourth-order valence-electron chi connectivity index (χ4n) is 1.48. The Kier molecular flexibility index (Phi) is 5.92.